The van der Waals surface area contributed by atoms with Gasteiger partial charge in [0.25, 0.3) is 0 Å². The summed E-state index contributed by atoms with van der Waals surface area (Å²) in [5, 5.41) is 0. The number of carbonyl (C=O) groups excluding carboxylic acids is 2. The largest absolute Gasteiger partial charge is 0.311 e. The van der Waals surface area contributed by atoms with Gasteiger partial charge in [0.2, 0.25) is 11.8 Å². The van der Waals surface area contributed by atoms with Crippen LogP contribution >= 0.6 is 0 Å². The molecule has 0 aliphatic heterocycles. The first-order valence-electron chi connectivity index (χ1n) is 7.53. The van der Waals surface area contributed by atoms with Crippen molar-refractivity contribution >= 4 is 23.2 Å². The first-order valence-corrected chi connectivity index (χ1v) is 7.53. The highest BCUT2D eigenvalue weighted by Crippen LogP contribution is 2.24. The Morgan fingerprint density at radius 3 is 2.00 bits per heavy atom. The highest BCUT2D eigenvalue weighted by atomic mass is 19.1. The molecule has 2 amide bonds. The molecule has 0 heterocycles. The number of rotatable bonds is 5. The lowest BCUT2D eigenvalue weighted by molar-refractivity contribution is -0.121. The van der Waals surface area contributed by atoms with E-state index in [0.29, 0.717) is 12.2 Å². The van der Waals surface area contributed by atoms with Gasteiger partial charge in [-0.3, -0.25) is 14.5 Å². The minimum atomic E-state index is -0.888. The molecule has 126 valence electrons. The van der Waals surface area contributed by atoms with Gasteiger partial charge in [-0.1, -0.05) is 24.3 Å². The SMILES string of the molecule is CCN(C(=O)CN(C(C)=O)c1c(F)cccc1F)c1ccccc1. The highest BCUT2D eigenvalue weighted by Gasteiger charge is 2.25. The number of likely N-dealkylation sites (N-methyl/N-ethyl adjacent to an activating group) is 1. The van der Waals surface area contributed by atoms with Gasteiger partial charge < -0.3 is 4.90 Å². The molecule has 0 aliphatic carbocycles. The Labute approximate surface area is 139 Å². The van der Waals surface area contributed by atoms with Gasteiger partial charge in [0.15, 0.2) is 0 Å². The summed E-state index contributed by atoms with van der Waals surface area (Å²) in [6.45, 7) is 2.87. The number of carbonyl (C=O) groups is 2. The molecule has 6 heteroatoms. The number of halogens is 2. The summed E-state index contributed by atoms with van der Waals surface area (Å²) in [5.41, 5.74) is 0.143. The minimum Gasteiger partial charge on any atom is -0.311 e. The second-order valence-corrected chi connectivity index (χ2v) is 5.15. The summed E-state index contributed by atoms with van der Waals surface area (Å²) in [7, 11) is 0. The summed E-state index contributed by atoms with van der Waals surface area (Å²) in [6.07, 6.45) is 0. The smallest absolute Gasteiger partial charge is 0.247 e. The van der Waals surface area contributed by atoms with Crippen LogP contribution in [0, 0.1) is 11.6 Å². The van der Waals surface area contributed by atoms with Gasteiger partial charge in [-0.25, -0.2) is 8.78 Å². The first kappa shape index (κ1) is 17.6. The first-order chi connectivity index (χ1) is 11.5. The molecule has 2 rings (SSSR count). The third-order valence-electron chi connectivity index (χ3n) is 3.57. The average Bonchev–Trinajstić information content (AvgIpc) is 2.55. The van der Waals surface area contributed by atoms with Crippen LogP contribution in [-0.4, -0.2) is 24.9 Å². The van der Waals surface area contributed by atoms with Gasteiger partial charge in [-0.15, -0.1) is 0 Å². The van der Waals surface area contributed by atoms with Crippen molar-refractivity contribution in [1.29, 1.82) is 0 Å². The van der Waals surface area contributed by atoms with Crippen molar-refractivity contribution in [1.82, 2.24) is 0 Å². The van der Waals surface area contributed by atoms with Crippen LogP contribution in [0.1, 0.15) is 13.8 Å². The van der Waals surface area contributed by atoms with Crippen LogP contribution in [-0.2, 0) is 9.59 Å². The van der Waals surface area contributed by atoms with Crippen LogP contribution in [0.5, 0.6) is 0 Å². The molecular formula is C18H18F2N2O2. The summed E-state index contributed by atoms with van der Waals surface area (Å²) in [4.78, 5) is 26.7. The lowest BCUT2D eigenvalue weighted by atomic mass is 10.2. The van der Waals surface area contributed by atoms with Gasteiger partial charge in [0.1, 0.15) is 23.9 Å². The molecule has 0 bridgehead atoms. The number of hydrogen-bond donors (Lipinski definition) is 0. The predicted octanol–water partition coefficient (Wildman–Crippen LogP) is 3.37. The number of benzene rings is 2. The van der Waals surface area contributed by atoms with E-state index in [1.54, 1.807) is 31.2 Å². The molecule has 0 saturated heterocycles. The molecule has 0 unspecified atom stereocenters. The summed E-state index contributed by atoms with van der Waals surface area (Å²) < 4.78 is 27.9. The third-order valence-corrected chi connectivity index (χ3v) is 3.57. The topological polar surface area (TPSA) is 40.6 Å². The van der Waals surface area contributed by atoms with Crippen LogP contribution in [0.15, 0.2) is 48.5 Å². The number of nitrogens with zero attached hydrogens (tertiary/aromatic N) is 2. The number of amides is 2. The Morgan fingerprint density at radius 2 is 1.50 bits per heavy atom. The molecule has 24 heavy (non-hydrogen) atoms. The van der Waals surface area contributed by atoms with Crippen molar-refractivity contribution in [3.63, 3.8) is 0 Å². The van der Waals surface area contributed by atoms with E-state index in [4.69, 9.17) is 0 Å². The maximum atomic E-state index is 14.0. The summed E-state index contributed by atoms with van der Waals surface area (Å²) in [6, 6.07) is 12.2. The lowest BCUT2D eigenvalue weighted by Gasteiger charge is -2.26. The van der Waals surface area contributed by atoms with E-state index >= 15 is 0 Å². The second-order valence-electron chi connectivity index (χ2n) is 5.15. The summed E-state index contributed by atoms with van der Waals surface area (Å²) in [5.74, 6) is -2.82. The molecule has 0 atom stereocenters. The zero-order chi connectivity index (χ0) is 17.7. The summed E-state index contributed by atoms with van der Waals surface area (Å²) >= 11 is 0. The highest BCUT2D eigenvalue weighted by molar-refractivity contribution is 6.03. The lowest BCUT2D eigenvalue weighted by Crippen LogP contribution is -2.43. The van der Waals surface area contributed by atoms with Gasteiger partial charge >= 0.3 is 0 Å². The van der Waals surface area contributed by atoms with Gasteiger partial charge in [-0.05, 0) is 31.2 Å². The van der Waals surface area contributed by atoms with E-state index in [0.717, 1.165) is 24.0 Å². The maximum Gasteiger partial charge on any atom is 0.247 e. The quantitative estimate of drug-likeness (QED) is 0.842. The van der Waals surface area contributed by atoms with Crippen molar-refractivity contribution in [3.8, 4) is 0 Å². The zero-order valence-electron chi connectivity index (χ0n) is 13.5. The van der Waals surface area contributed by atoms with Gasteiger partial charge in [0, 0.05) is 19.2 Å². The van der Waals surface area contributed by atoms with Crippen molar-refractivity contribution in [2.45, 2.75) is 13.8 Å². The predicted molar refractivity (Wildman–Crippen MR) is 88.9 cm³/mol. The fourth-order valence-electron chi connectivity index (χ4n) is 2.43. The Balaban J connectivity index is 2.31. The molecule has 0 aliphatic rings. The van der Waals surface area contributed by atoms with Crippen LogP contribution in [0.2, 0.25) is 0 Å². The fourth-order valence-corrected chi connectivity index (χ4v) is 2.43. The molecule has 0 fully saturated rings. The Morgan fingerprint density at radius 1 is 0.917 bits per heavy atom. The Kier molecular flexibility index (Phi) is 5.63. The number of para-hydroxylation sites is 2. The maximum absolute atomic E-state index is 14.0. The van der Waals surface area contributed by atoms with E-state index in [1.807, 2.05) is 6.07 Å². The Bertz CT molecular complexity index is 715. The van der Waals surface area contributed by atoms with E-state index in [1.165, 1.54) is 11.0 Å². The molecule has 2 aromatic carbocycles. The molecule has 0 saturated carbocycles. The molecule has 4 nitrogen and oxygen atoms in total. The molecule has 0 aromatic heterocycles. The van der Waals surface area contributed by atoms with Crippen molar-refractivity contribution < 1.29 is 18.4 Å². The van der Waals surface area contributed by atoms with Crippen LogP contribution in [0.3, 0.4) is 0 Å². The van der Waals surface area contributed by atoms with Crippen LogP contribution in [0.25, 0.3) is 0 Å². The Hall–Kier alpha value is -2.76. The fraction of sp³-hybridized carbons (Fsp3) is 0.222. The van der Waals surface area contributed by atoms with Crippen molar-refractivity contribution in [2.24, 2.45) is 0 Å². The van der Waals surface area contributed by atoms with Gasteiger partial charge in [0.05, 0.1) is 0 Å². The average molecular weight is 332 g/mol. The number of anilines is 2. The molecule has 2 aromatic rings. The van der Waals surface area contributed by atoms with Gasteiger partial charge in [-0.2, -0.15) is 0 Å². The molecule has 0 N–H and O–H groups in total. The van der Waals surface area contributed by atoms with E-state index < -0.39 is 35.7 Å². The normalized spacial score (nSPS) is 10.3. The van der Waals surface area contributed by atoms with E-state index in [9.17, 15) is 18.4 Å². The van der Waals surface area contributed by atoms with E-state index in [2.05, 4.69) is 0 Å². The third kappa shape index (κ3) is 3.76. The molecular weight excluding hydrogens is 314 g/mol. The number of hydrogen-bond acceptors (Lipinski definition) is 2. The molecule has 0 spiro atoms. The van der Waals surface area contributed by atoms with E-state index in [-0.39, 0.29) is 0 Å². The van der Waals surface area contributed by atoms with Crippen molar-refractivity contribution in [2.75, 3.05) is 22.9 Å². The molecule has 0 radical (unpaired) electrons. The zero-order valence-corrected chi connectivity index (χ0v) is 13.5. The monoisotopic (exact) mass is 332 g/mol. The second kappa shape index (κ2) is 7.68. The van der Waals surface area contributed by atoms with Crippen molar-refractivity contribution in [3.05, 3.63) is 60.2 Å². The standard InChI is InChI=1S/C18H18F2N2O2/c1-3-21(14-8-5-4-6-9-14)17(24)12-22(13(2)23)18-15(19)10-7-11-16(18)20/h4-11H,3,12H2,1-2H3. The van der Waals surface area contributed by atoms with Crippen LogP contribution < -0.4 is 9.80 Å². The minimum absolute atomic E-state index is 0.369. The van der Waals surface area contributed by atoms with Crippen LogP contribution in [0.4, 0.5) is 20.2 Å².